The Morgan fingerprint density at radius 2 is 1.91 bits per heavy atom. The summed E-state index contributed by atoms with van der Waals surface area (Å²) in [7, 11) is -3.53. The van der Waals surface area contributed by atoms with Crippen molar-refractivity contribution in [3.8, 4) is 11.1 Å². The second kappa shape index (κ2) is 8.44. The zero-order chi connectivity index (χ0) is 23.3. The van der Waals surface area contributed by atoms with Crippen LogP contribution in [0, 0.1) is 11.6 Å². The Morgan fingerprint density at radius 3 is 2.61 bits per heavy atom. The van der Waals surface area contributed by atoms with Crippen molar-refractivity contribution in [1.82, 2.24) is 14.6 Å². The zero-order valence-corrected chi connectivity index (χ0v) is 18.8. The summed E-state index contributed by atoms with van der Waals surface area (Å²) in [6, 6.07) is 4.05. The minimum absolute atomic E-state index is 0.0460. The number of sulfonamides is 1. The first-order valence-corrected chi connectivity index (χ1v) is 12.4. The number of nitrogens with one attached hydrogen (secondary N) is 1. The molecule has 3 heterocycles. The SMILES string of the molecule is O=S(=O)(N[C@@H]1CN(C2=NOC(c3ncc(Cl)cc3-c3c(F)cccc3F)C2)C[C@@H]1F)C1CC1. The van der Waals surface area contributed by atoms with Crippen molar-refractivity contribution >= 4 is 27.5 Å². The highest BCUT2D eigenvalue weighted by Crippen LogP contribution is 2.38. The van der Waals surface area contributed by atoms with Gasteiger partial charge < -0.3 is 9.74 Å². The molecule has 1 saturated heterocycles. The quantitative estimate of drug-likeness (QED) is 0.678. The van der Waals surface area contributed by atoms with Gasteiger partial charge in [-0.2, -0.15) is 0 Å². The molecule has 33 heavy (non-hydrogen) atoms. The first-order valence-electron chi connectivity index (χ1n) is 10.5. The number of benzene rings is 1. The number of hydrogen-bond acceptors (Lipinski definition) is 6. The van der Waals surface area contributed by atoms with E-state index < -0.39 is 45.2 Å². The van der Waals surface area contributed by atoms with Crippen molar-refractivity contribution in [3.63, 3.8) is 0 Å². The lowest BCUT2D eigenvalue weighted by Gasteiger charge is -2.18. The topological polar surface area (TPSA) is 83.9 Å². The molecule has 0 spiro atoms. The van der Waals surface area contributed by atoms with Crippen LogP contribution < -0.4 is 4.72 Å². The summed E-state index contributed by atoms with van der Waals surface area (Å²) in [6.45, 7) is 0.0560. The van der Waals surface area contributed by atoms with Gasteiger partial charge in [0.25, 0.3) is 0 Å². The van der Waals surface area contributed by atoms with Crippen molar-refractivity contribution < 1.29 is 26.4 Å². The lowest BCUT2D eigenvalue weighted by Crippen LogP contribution is -2.43. The Morgan fingerprint density at radius 1 is 1.18 bits per heavy atom. The highest BCUT2D eigenvalue weighted by atomic mass is 35.5. The lowest BCUT2D eigenvalue weighted by atomic mass is 9.98. The van der Waals surface area contributed by atoms with E-state index in [-0.39, 0.29) is 41.4 Å². The van der Waals surface area contributed by atoms with Gasteiger partial charge in [0.05, 0.1) is 40.5 Å². The number of rotatable bonds is 5. The monoisotopic (exact) mass is 500 g/mol. The predicted octanol–water partition coefficient (Wildman–Crippen LogP) is 3.56. The number of oxime groups is 1. The highest BCUT2D eigenvalue weighted by Gasteiger charge is 2.43. The van der Waals surface area contributed by atoms with E-state index in [1.54, 1.807) is 4.90 Å². The fourth-order valence-corrected chi connectivity index (χ4v) is 5.88. The number of alkyl halides is 1. The molecule has 1 N–H and O–H groups in total. The number of hydrogen-bond donors (Lipinski definition) is 1. The molecule has 2 fully saturated rings. The van der Waals surface area contributed by atoms with Crippen LogP contribution in [-0.4, -0.2) is 54.7 Å². The van der Waals surface area contributed by atoms with E-state index in [1.165, 1.54) is 18.3 Å². The molecule has 1 aromatic carbocycles. The summed E-state index contributed by atoms with van der Waals surface area (Å²) >= 11 is 6.04. The van der Waals surface area contributed by atoms with Crippen LogP contribution in [0.1, 0.15) is 31.1 Å². The molecule has 7 nitrogen and oxygen atoms in total. The number of aromatic nitrogens is 1. The van der Waals surface area contributed by atoms with Crippen molar-refractivity contribution in [2.24, 2.45) is 5.16 Å². The maximum atomic E-state index is 14.6. The molecular weight excluding hydrogens is 481 g/mol. The highest BCUT2D eigenvalue weighted by molar-refractivity contribution is 7.90. The average Bonchev–Trinajstić information content (AvgIpc) is 3.42. The molecule has 3 atom stereocenters. The van der Waals surface area contributed by atoms with Crippen LogP contribution in [0.2, 0.25) is 5.02 Å². The number of pyridine rings is 1. The van der Waals surface area contributed by atoms with Gasteiger partial charge >= 0.3 is 0 Å². The largest absolute Gasteiger partial charge is 0.384 e. The van der Waals surface area contributed by atoms with Crippen LogP contribution >= 0.6 is 11.6 Å². The Labute approximate surface area is 193 Å². The molecule has 2 aromatic rings. The summed E-state index contributed by atoms with van der Waals surface area (Å²) < 4.78 is 70.3. The number of amidine groups is 1. The molecule has 2 aliphatic heterocycles. The van der Waals surface area contributed by atoms with Crippen LogP contribution in [0.4, 0.5) is 13.2 Å². The van der Waals surface area contributed by atoms with Gasteiger partial charge in [-0.05, 0) is 31.0 Å². The molecule has 12 heteroatoms. The summed E-state index contributed by atoms with van der Waals surface area (Å²) in [5.41, 5.74) is 0.0997. The molecule has 1 saturated carbocycles. The number of likely N-dealkylation sites (tertiary alicyclic amines) is 1. The van der Waals surface area contributed by atoms with Crippen molar-refractivity contribution in [3.05, 3.63) is 52.8 Å². The molecule has 1 unspecified atom stereocenters. The van der Waals surface area contributed by atoms with Gasteiger partial charge in [-0.1, -0.05) is 22.8 Å². The second-order valence-electron chi connectivity index (χ2n) is 8.38. The summed E-state index contributed by atoms with van der Waals surface area (Å²) in [5, 5.41) is 3.78. The van der Waals surface area contributed by atoms with Crippen molar-refractivity contribution in [2.45, 2.75) is 42.8 Å². The lowest BCUT2D eigenvalue weighted by molar-refractivity contribution is 0.0828. The Hall–Kier alpha value is -2.37. The van der Waals surface area contributed by atoms with Gasteiger partial charge in [-0.3, -0.25) is 4.98 Å². The smallest absolute Gasteiger partial charge is 0.214 e. The van der Waals surface area contributed by atoms with Crippen LogP contribution in [0.25, 0.3) is 11.1 Å². The van der Waals surface area contributed by atoms with Crippen LogP contribution in [0.5, 0.6) is 0 Å². The molecule has 1 aromatic heterocycles. The van der Waals surface area contributed by atoms with Crippen LogP contribution in [0.3, 0.4) is 0 Å². The van der Waals surface area contributed by atoms with E-state index >= 15 is 0 Å². The third-order valence-corrected chi connectivity index (χ3v) is 8.15. The minimum atomic E-state index is -3.53. The van der Waals surface area contributed by atoms with E-state index in [1.807, 2.05) is 0 Å². The minimum Gasteiger partial charge on any atom is -0.384 e. The molecule has 0 amide bonds. The maximum Gasteiger partial charge on any atom is 0.214 e. The van der Waals surface area contributed by atoms with E-state index in [2.05, 4.69) is 14.9 Å². The zero-order valence-electron chi connectivity index (χ0n) is 17.2. The van der Waals surface area contributed by atoms with Crippen LogP contribution in [0.15, 0.2) is 35.6 Å². The molecule has 0 bridgehead atoms. The summed E-state index contributed by atoms with van der Waals surface area (Å²) in [6.07, 6.45) is 0.514. The molecule has 1 aliphatic carbocycles. The van der Waals surface area contributed by atoms with Crippen LogP contribution in [-0.2, 0) is 14.9 Å². The molecular formula is C21H20ClF3N4O3S. The fraction of sp³-hybridized carbons (Fsp3) is 0.429. The normalized spacial score (nSPS) is 25.3. The van der Waals surface area contributed by atoms with E-state index in [0.717, 1.165) is 12.1 Å². The van der Waals surface area contributed by atoms with Gasteiger partial charge in [0, 0.05) is 18.3 Å². The first-order chi connectivity index (χ1) is 15.7. The summed E-state index contributed by atoms with van der Waals surface area (Å²) in [5.74, 6) is -1.14. The third-order valence-electron chi connectivity index (χ3n) is 5.97. The second-order valence-corrected chi connectivity index (χ2v) is 10.8. The average molecular weight is 501 g/mol. The number of nitrogens with zero attached hydrogens (tertiary/aromatic N) is 3. The molecule has 5 rings (SSSR count). The number of halogens is 4. The molecule has 3 aliphatic rings. The van der Waals surface area contributed by atoms with Crippen molar-refractivity contribution in [2.75, 3.05) is 13.1 Å². The maximum absolute atomic E-state index is 14.6. The first kappa shape index (κ1) is 22.4. The van der Waals surface area contributed by atoms with E-state index in [0.29, 0.717) is 18.7 Å². The van der Waals surface area contributed by atoms with Crippen molar-refractivity contribution in [1.29, 1.82) is 0 Å². The predicted molar refractivity (Wildman–Crippen MR) is 116 cm³/mol. The van der Waals surface area contributed by atoms with Gasteiger partial charge in [0.1, 0.15) is 23.6 Å². The standard InChI is InChI=1S/C21H20ClF3N4O3S/c22-11-6-13(20-14(23)2-1-3-15(20)24)21(26-8-11)18-7-19(27-32-18)29-9-16(25)17(10-29)28-33(30,31)12-4-5-12/h1-3,6,8,12,16-18,28H,4-5,7,9-10H2/t16-,17+,18?/m0/s1. The van der Waals surface area contributed by atoms with Gasteiger partial charge in [-0.25, -0.2) is 26.3 Å². The Balaban J connectivity index is 1.34. The van der Waals surface area contributed by atoms with Gasteiger partial charge in [-0.15, -0.1) is 0 Å². The van der Waals surface area contributed by atoms with Gasteiger partial charge in [0.2, 0.25) is 10.0 Å². The van der Waals surface area contributed by atoms with E-state index in [4.69, 9.17) is 16.4 Å². The summed E-state index contributed by atoms with van der Waals surface area (Å²) in [4.78, 5) is 11.4. The molecule has 176 valence electrons. The van der Waals surface area contributed by atoms with Gasteiger partial charge in [0.15, 0.2) is 6.10 Å². The van der Waals surface area contributed by atoms with E-state index in [9.17, 15) is 21.6 Å². The fourth-order valence-electron chi connectivity index (χ4n) is 4.13. The molecule has 0 radical (unpaired) electrons. The third kappa shape index (κ3) is 4.41. The Kier molecular flexibility index (Phi) is 5.74. The Bertz CT molecular complexity index is 1200.